The fourth-order valence-corrected chi connectivity index (χ4v) is 2.04. The lowest BCUT2D eigenvalue weighted by molar-refractivity contribution is 0.224. The van der Waals surface area contributed by atoms with E-state index >= 15 is 0 Å². The third-order valence-electron chi connectivity index (χ3n) is 3.05. The maximum Gasteiger partial charge on any atom is 0.0830 e. The van der Waals surface area contributed by atoms with Crippen molar-refractivity contribution < 1.29 is 5.11 Å². The molecule has 1 N–H and O–H groups in total. The SMILES string of the molecule is Cc1ccc(CC(CO)Cc2cn(C)nn2)cc1. The van der Waals surface area contributed by atoms with Gasteiger partial charge >= 0.3 is 0 Å². The van der Waals surface area contributed by atoms with Crippen molar-refractivity contribution in [2.45, 2.75) is 19.8 Å². The molecule has 4 nitrogen and oxygen atoms in total. The van der Waals surface area contributed by atoms with Crippen LogP contribution in [0.3, 0.4) is 0 Å². The molecule has 1 heterocycles. The number of aryl methyl sites for hydroxylation is 2. The summed E-state index contributed by atoms with van der Waals surface area (Å²) in [6, 6.07) is 8.45. The minimum atomic E-state index is 0.171. The highest BCUT2D eigenvalue weighted by Gasteiger charge is 2.11. The standard InChI is InChI=1S/C14H19N3O/c1-11-3-5-12(6-4-11)7-13(10-18)8-14-9-17(2)16-15-14/h3-6,9,13,18H,7-8,10H2,1-2H3. The van der Waals surface area contributed by atoms with Gasteiger partial charge in [-0.3, -0.25) is 4.68 Å². The van der Waals surface area contributed by atoms with E-state index in [1.54, 1.807) is 4.68 Å². The minimum Gasteiger partial charge on any atom is -0.396 e. The third-order valence-corrected chi connectivity index (χ3v) is 3.05. The zero-order valence-electron chi connectivity index (χ0n) is 10.9. The summed E-state index contributed by atoms with van der Waals surface area (Å²) in [5.41, 5.74) is 3.44. The van der Waals surface area contributed by atoms with Crippen LogP contribution >= 0.6 is 0 Å². The molecule has 0 saturated heterocycles. The van der Waals surface area contributed by atoms with Gasteiger partial charge in [0.25, 0.3) is 0 Å². The van der Waals surface area contributed by atoms with Crippen LogP contribution in [0.4, 0.5) is 0 Å². The van der Waals surface area contributed by atoms with Crippen LogP contribution in [0.2, 0.25) is 0 Å². The molecule has 0 fully saturated rings. The average molecular weight is 245 g/mol. The lowest BCUT2D eigenvalue weighted by Crippen LogP contribution is -2.13. The van der Waals surface area contributed by atoms with Crippen molar-refractivity contribution in [2.75, 3.05) is 6.61 Å². The molecule has 0 radical (unpaired) electrons. The van der Waals surface area contributed by atoms with Gasteiger partial charge < -0.3 is 5.11 Å². The summed E-state index contributed by atoms with van der Waals surface area (Å²) < 4.78 is 1.69. The fraction of sp³-hybridized carbons (Fsp3) is 0.429. The molecule has 0 aliphatic rings. The molecule has 0 bridgehead atoms. The van der Waals surface area contributed by atoms with E-state index in [-0.39, 0.29) is 12.5 Å². The second-order valence-corrected chi connectivity index (χ2v) is 4.83. The molecule has 0 spiro atoms. The molecule has 2 aromatic rings. The molecule has 1 aromatic carbocycles. The van der Waals surface area contributed by atoms with Crippen molar-refractivity contribution in [1.82, 2.24) is 15.0 Å². The van der Waals surface area contributed by atoms with Gasteiger partial charge in [0.1, 0.15) is 0 Å². The molecule has 4 heteroatoms. The predicted molar refractivity (Wildman–Crippen MR) is 70.2 cm³/mol. The summed E-state index contributed by atoms with van der Waals surface area (Å²) in [4.78, 5) is 0. The Labute approximate surface area is 107 Å². The van der Waals surface area contributed by atoms with Gasteiger partial charge in [0.05, 0.1) is 5.69 Å². The summed E-state index contributed by atoms with van der Waals surface area (Å²) in [6.07, 6.45) is 3.53. The molecule has 18 heavy (non-hydrogen) atoms. The number of benzene rings is 1. The van der Waals surface area contributed by atoms with Crippen LogP contribution in [0.5, 0.6) is 0 Å². The molecule has 1 atom stereocenters. The predicted octanol–water partition coefficient (Wildman–Crippen LogP) is 1.52. The van der Waals surface area contributed by atoms with E-state index in [2.05, 4.69) is 41.5 Å². The molecule has 2 rings (SSSR count). The van der Waals surface area contributed by atoms with Crippen molar-refractivity contribution >= 4 is 0 Å². The van der Waals surface area contributed by atoms with Crippen LogP contribution in [0, 0.1) is 12.8 Å². The van der Waals surface area contributed by atoms with Crippen LogP contribution in [-0.4, -0.2) is 26.7 Å². The van der Waals surface area contributed by atoms with E-state index in [1.165, 1.54) is 11.1 Å². The van der Waals surface area contributed by atoms with E-state index < -0.39 is 0 Å². The molecule has 96 valence electrons. The van der Waals surface area contributed by atoms with Gasteiger partial charge in [-0.15, -0.1) is 5.10 Å². The summed E-state index contributed by atoms with van der Waals surface area (Å²) in [6.45, 7) is 2.25. The van der Waals surface area contributed by atoms with E-state index in [0.29, 0.717) is 0 Å². The van der Waals surface area contributed by atoms with Gasteiger partial charge in [-0.2, -0.15) is 0 Å². The van der Waals surface area contributed by atoms with Gasteiger partial charge in [0, 0.05) is 19.9 Å². The van der Waals surface area contributed by atoms with Crippen LogP contribution < -0.4 is 0 Å². The maximum absolute atomic E-state index is 9.46. The van der Waals surface area contributed by atoms with Gasteiger partial charge in [-0.25, -0.2) is 0 Å². The van der Waals surface area contributed by atoms with Crippen LogP contribution in [0.15, 0.2) is 30.5 Å². The Balaban J connectivity index is 1.99. The normalized spacial score (nSPS) is 12.6. The van der Waals surface area contributed by atoms with Gasteiger partial charge in [0.15, 0.2) is 0 Å². The minimum absolute atomic E-state index is 0.171. The number of hydrogen-bond donors (Lipinski definition) is 1. The van der Waals surface area contributed by atoms with Crippen molar-refractivity contribution in [3.8, 4) is 0 Å². The Bertz CT molecular complexity index is 490. The van der Waals surface area contributed by atoms with Crippen molar-refractivity contribution in [3.05, 3.63) is 47.3 Å². The molecular formula is C14H19N3O. The van der Waals surface area contributed by atoms with Crippen molar-refractivity contribution in [3.63, 3.8) is 0 Å². The van der Waals surface area contributed by atoms with E-state index in [1.807, 2.05) is 13.2 Å². The van der Waals surface area contributed by atoms with E-state index in [0.717, 1.165) is 18.5 Å². The summed E-state index contributed by atoms with van der Waals surface area (Å²) in [5, 5.41) is 17.4. The Kier molecular flexibility index (Phi) is 4.10. The average Bonchev–Trinajstić information content (AvgIpc) is 2.77. The molecule has 0 amide bonds. The molecule has 0 aliphatic heterocycles. The first-order valence-corrected chi connectivity index (χ1v) is 6.19. The highest BCUT2D eigenvalue weighted by atomic mass is 16.3. The van der Waals surface area contributed by atoms with Crippen molar-refractivity contribution in [1.29, 1.82) is 0 Å². The second-order valence-electron chi connectivity index (χ2n) is 4.83. The molecule has 0 aliphatic carbocycles. The molecule has 1 unspecified atom stereocenters. The first-order chi connectivity index (χ1) is 8.67. The number of aliphatic hydroxyl groups is 1. The fourth-order valence-electron chi connectivity index (χ4n) is 2.04. The van der Waals surface area contributed by atoms with Crippen LogP contribution in [0.1, 0.15) is 16.8 Å². The monoisotopic (exact) mass is 245 g/mol. The maximum atomic E-state index is 9.46. The van der Waals surface area contributed by atoms with Crippen LogP contribution in [0.25, 0.3) is 0 Å². The third kappa shape index (κ3) is 3.40. The Morgan fingerprint density at radius 3 is 2.50 bits per heavy atom. The number of aliphatic hydroxyl groups excluding tert-OH is 1. The van der Waals surface area contributed by atoms with Gasteiger partial charge in [0.2, 0.25) is 0 Å². The molecule has 0 saturated carbocycles. The Hall–Kier alpha value is -1.68. The van der Waals surface area contributed by atoms with E-state index in [4.69, 9.17) is 0 Å². The quantitative estimate of drug-likeness (QED) is 0.869. The lowest BCUT2D eigenvalue weighted by atomic mass is 9.95. The zero-order valence-corrected chi connectivity index (χ0v) is 10.9. The number of rotatable bonds is 5. The van der Waals surface area contributed by atoms with Gasteiger partial charge in [-0.05, 0) is 31.2 Å². The highest BCUT2D eigenvalue weighted by Crippen LogP contribution is 2.13. The topological polar surface area (TPSA) is 50.9 Å². The summed E-state index contributed by atoms with van der Waals surface area (Å²) in [5.74, 6) is 0.199. The number of aromatic nitrogens is 3. The number of hydrogen-bond acceptors (Lipinski definition) is 3. The Morgan fingerprint density at radius 2 is 1.94 bits per heavy atom. The number of nitrogens with zero attached hydrogens (tertiary/aromatic N) is 3. The van der Waals surface area contributed by atoms with E-state index in [9.17, 15) is 5.11 Å². The smallest absolute Gasteiger partial charge is 0.0830 e. The zero-order chi connectivity index (χ0) is 13.0. The van der Waals surface area contributed by atoms with Gasteiger partial charge in [-0.1, -0.05) is 35.0 Å². The second kappa shape index (κ2) is 5.78. The largest absolute Gasteiger partial charge is 0.396 e. The first kappa shape index (κ1) is 12.8. The van der Waals surface area contributed by atoms with Crippen molar-refractivity contribution in [2.24, 2.45) is 13.0 Å². The Morgan fingerprint density at radius 1 is 1.22 bits per heavy atom. The lowest BCUT2D eigenvalue weighted by Gasteiger charge is -2.12. The molecule has 1 aromatic heterocycles. The summed E-state index contributed by atoms with van der Waals surface area (Å²) in [7, 11) is 1.85. The highest BCUT2D eigenvalue weighted by molar-refractivity contribution is 5.21. The van der Waals surface area contributed by atoms with Crippen LogP contribution in [-0.2, 0) is 19.9 Å². The summed E-state index contributed by atoms with van der Waals surface area (Å²) >= 11 is 0. The molecular weight excluding hydrogens is 226 g/mol. The first-order valence-electron chi connectivity index (χ1n) is 6.19.